The predicted molar refractivity (Wildman–Crippen MR) is 104 cm³/mol. The van der Waals surface area contributed by atoms with Crippen LogP contribution in [-0.2, 0) is 11.4 Å². The highest BCUT2D eigenvalue weighted by molar-refractivity contribution is 9.11. The lowest BCUT2D eigenvalue weighted by Crippen LogP contribution is -2.00. The van der Waals surface area contributed by atoms with E-state index in [9.17, 15) is 4.79 Å². The zero-order chi connectivity index (χ0) is 17.7. The summed E-state index contributed by atoms with van der Waals surface area (Å²) in [5, 5.41) is 8.73. The highest BCUT2D eigenvalue weighted by Crippen LogP contribution is 2.37. The van der Waals surface area contributed by atoms with Gasteiger partial charge in [0.15, 0.2) is 0 Å². The van der Waals surface area contributed by atoms with Crippen LogP contribution < -0.4 is 9.47 Å². The number of halogens is 3. The van der Waals surface area contributed by atoms with Crippen molar-refractivity contribution in [3.8, 4) is 11.5 Å². The van der Waals surface area contributed by atoms with Gasteiger partial charge in [0, 0.05) is 16.1 Å². The monoisotopic (exact) mass is 518 g/mol. The Morgan fingerprint density at radius 3 is 2.42 bits per heavy atom. The quantitative estimate of drug-likeness (QED) is 0.499. The summed E-state index contributed by atoms with van der Waals surface area (Å²) in [7, 11) is 1.58. The van der Waals surface area contributed by atoms with Gasteiger partial charge in [-0.3, -0.25) is 0 Å². The highest BCUT2D eigenvalue weighted by Gasteiger charge is 2.11. The third-order valence-electron chi connectivity index (χ3n) is 3.06. The molecule has 0 unspecified atom stereocenters. The molecule has 0 heterocycles. The molecule has 24 heavy (non-hydrogen) atoms. The fourth-order valence-corrected chi connectivity index (χ4v) is 4.49. The van der Waals surface area contributed by atoms with Crippen molar-refractivity contribution >= 4 is 59.8 Å². The maximum Gasteiger partial charge on any atom is 0.328 e. The molecule has 2 aromatic carbocycles. The maximum atomic E-state index is 10.6. The third kappa shape index (κ3) is 5.09. The van der Waals surface area contributed by atoms with Crippen LogP contribution in [-0.4, -0.2) is 18.2 Å². The molecular formula is C17H13Br3O4. The lowest BCUT2D eigenvalue weighted by Gasteiger charge is -2.14. The minimum atomic E-state index is -0.994. The third-order valence-corrected chi connectivity index (χ3v) is 4.69. The molecule has 0 aliphatic rings. The van der Waals surface area contributed by atoms with Gasteiger partial charge in [-0.1, -0.05) is 22.0 Å². The number of benzene rings is 2. The van der Waals surface area contributed by atoms with Crippen molar-refractivity contribution in [3.63, 3.8) is 0 Å². The summed E-state index contributed by atoms with van der Waals surface area (Å²) < 4.78 is 13.8. The van der Waals surface area contributed by atoms with E-state index in [-0.39, 0.29) is 6.61 Å². The average molecular weight is 521 g/mol. The number of hydrogen-bond acceptors (Lipinski definition) is 3. The van der Waals surface area contributed by atoms with E-state index >= 15 is 0 Å². The SMILES string of the molecule is COc1ccc(C=CC(=O)O)cc1COc1c(Br)cc(Br)cc1Br. The second kappa shape index (κ2) is 8.69. The Hall–Kier alpha value is -1.31. The molecule has 0 aliphatic carbocycles. The van der Waals surface area contributed by atoms with Gasteiger partial charge in [-0.05, 0) is 67.8 Å². The van der Waals surface area contributed by atoms with Crippen LogP contribution in [0.4, 0.5) is 0 Å². The second-order valence-electron chi connectivity index (χ2n) is 4.73. The maximum absolute atomic E-state index is 10.6. The Morgan fingerprint density at radius 1 is 1.17 bits per heavy atom. The summed E-state index contributed by atoms with van der Waals surface area (Å²) in [6.07, 6.45) is 2.62. The summed E-state index contributed by atoms with van der Waals surface area (Å²) in [4.78, 5) is 10.6. The predicted octanol–water partition coefficient (Wildman–Crippen LogP) is 5.66. The van der Waals surface area contributed by atoms with Gasteiger partial charge in [0.25, 0.3) is 0 Å². The molecule has 0 aliphatic heterocycles. The van der Waals surface area contributed by atoms with Gasteiger partial charge in [0.05, 0.1) is 16.1 Å². The minimum Gasteiger partial charge on any atom is -0.496 e. The lowest BCUT2D eigenvalue weighted by atomic mass is 10.1. The first-order valence-electron chi connectivity index (χ1n) is 6.76. The number of carboxylic acid groups (broad SMARTS) is 1. The number of carbonyl (C=O) groups is 1. The number of aliphatic carboxylic acids is 1. The normalized spacial score (nSPS) is 10.8. The van der Waals surface area contributed by atoms with Crippen LogP contribution in [0.2, 0.25) is 0 Å². The van der Waals surface area contributed by atoms with Crippen LogP contribution in [0.3, 0.4) is 0 Å². The first-order valence-corrected chi connectivity index (χ1v) is 9.14. The molecule has 0 saturated carbocycles. The zero-order valence-electron chi connectivity index (χ0n) is 12.6. The van der Waals surface area contributed by atoms with Crippen LogP contribution >= 0.6 is 47.8 Å². The molecule has 0 bridgehead atoms. The van der Waals surface area contributed by atoms with Crippen molar-refractivity contribution in [2.75, 3.05) is 7.11 Å². The molecule has 0 spiro atoms. The first kappa shape index (κ1) is 19.0. The standard InChI is InChI=1S/C17H13Br3O4/c1-23-15-4-2-10(3-5-16(21)22)6-11(15)9-24-17-13(19)7-12(18)8-14(17)20/h2-8H,9H2,1H3,(H,21,22). The van der Waals surface area contributed by atoms with Gasteiger partial charge in [0.1, 0.15) is 18.1 Å². The molecule has 0 aromatic heterocycles. The highest BCUT2D eigenvalue weighted by atomic mass is 79.9. The van der Waals surface area contributed by atoms with Crippen molar-refractivity contribution in [1.82, 2.24) is 0 Å². The molecule has 0 radical (unpaired) electrons. The number of carboxylic acids is 1. The minimum absolute atomic E-state index is 0.275. The molecule has 4 nitrogen and oxygen atoms in total. The van der Waals surface area contributed by atoms with Gasteiger partial charge in [-0.2, -0.15) is 0 Å². The van der Waals surface area contributed by atoms with Gasteiger partial charge in [0.2, 0.25) is 0 Å². The fourth-order valence-electron chi connectivity index (χ4n) is 2.00. The number of rotatable bonds is 6. The summed E-state index contributed by atoms with van der Waals surface area (Å²) in [5.41, 5.74) is 1.57. The van der Waals surface area contributed by atoms with Crippen molar-refractivity contribution in [2.45, 2.75) is 6.61 Å². The van der Waals surface area contributed by atoms with Crippen LogP contribution in [0.1, 0.15) is 11.1 Å². The second-order valence-corrected chi connectivity index (χ2v) is 7.35. The van der Waals surface area contributed by atoms with E-state index in [1.807, 2.05) is 18.2 Å². The molecule has 2 rings (SSSR count). The average Bonchev–Trinajstić information content (AvgIpc) is 2.52. The van der Waals surface area contributed by atoms with Crippen LogP contribution in [0, 0.1) is 0 Å². The molecule has 0 atom stereocenters. The number of ether oxygens (including phenoxy) is 2. The molecule has 0 amide bonds. The number of hydrogen-bond donors (Lipinski definition) is 1. The Labute approximate surface area is 164 Å². The van der Waals surface area contributed by atoms with Gasteiger partial charge in [-0.15, -0.1) is 0 Å². The Kier molecular flexibility index (Phi) is 6.89. The van der Waals surface area contributed by atoms with Gasteiger partial charge < -0.3 is 14.6 Å². The summed E-state index contributed by atoms with van der Waals surface area (Å²) in [5.74, 6) is 0.352. The molecule has 0 fully saturated rings. The molecule has 7 heteroatoms. The lowest BCUT2D eigenvalue weighted by molar-refractivity contribution is -0.131. The summed E-state index contributed by atoms with van der Waals surface area (Å²) in [6, 6.07) is 9.19. The van der Waals surface area contributed by atoms with Gasteiger partial charge >= 0.3 is 5.97 Å². The van der Waals surface area contributed by atoms with Crippen molar-refractivity contribution in [2.24, 2.45) is 0 Å². The number of methoxy groups -OCH3 is 1. The molecular weight excluding hydrogens is 508 g/mol. The van der Waals surface area contributed by atoms with Crippen molar-refractivity contribution in [3.05, 3.63) is 61.0 Å². The first-order chi connectivity index (χ1) is 11.4. The molecule has 126 valence electrons. The van der Waals surface area contributed by atoms with E-state index in [0.717, 1.165) is 30.6 Å². The topological polar surface area (TPSA) is 55.8 Å². The largest absolute Gasteiger partial charge is 0.496 e. The van der Waals surface area contributed by atoms with E-state index < -0.39 is 5.97 Å². The van der Waals surface area contributed by atoms with E-state index in [1.54, 1.807) is 19.2 Å². The van der Waals surface area contributed by atoms with Gasteiger partial charge in [-0.25, -0.2) is 4.79 Å². The van der Waals surface area contributed by atoms with E-state index in [0.29, 0.717) is 11.5 Å². The summed E-state index contributed by atoms with van der Waals surface area (Å²) >= 11 is 10.4. The van der Waals surface area contributed by atoms with E-state index in [2.05, 4.69) is 47.8 Å². The molecule has 1 N–H and O–H groups in total. The van der Waals surface area contributed by atoms with Crippen LogP contribution in [0.5, 0.6) is 11.5 Å². The van der Waals surface area contributed by atoms with Crippen molar-refractivity contribution < 1.29 is 19.4 Å². The van der Waals surface area contributed by atoms with E-state index in [4.69, 9.17) is 14.6 Å². The van der Waals surface area contributed by atoms with Crippen molar-refractivity contribution in [1.29, 1.82) is 0 Å². The Bertz CT molecular complexity index is 764. The zero-order valence-corrected chi connectivity index (χ0v) is 17.3. The Morgan fingerprint density at radius 2 is 1.83 bits per heavy atom. The molecule has 0 saturated heterocycles. The molecule has 2 aromatic rings. The van der Waals surface area contributed by atoms with E-state index in [1.165, 1.54) is 6.08 Å². The van der Waals surface area contributed by atoms with Crippen LogP contribution in [0.25, 0.3) is 6.08 Å². The Balaban J connectivity index is 2.25. The fraction of sp³-hybridized carbons (Fsp3) is 0.118. The van der Waals surface area contributed by atoms with Crippen LogP contribution in [0.15, 0.2) is 49.8 Å². The summed E-state index contributed by atoms with van der Waals surface area (Å²) in [6.45, 7) is 0.275. The smallest absolute Gasteiger partial charge is 0.328 e.